The minimum Gasteiger partial charge on any atom is -0.492 e. The fraction of sp³-hybridized carbons (Fsp3) is 0.647. The Bertz CT molecular complexity index is 456. The predicted octanol–water partition coefficient (Wildman–Crippen LogP) is 2.74. The van der Waals surface area contributed by atoms with Crippen LogP contribution in [0.4, 0.5) is 0 Å². The van der Waals surface area contributed by atoms with E-state index in [1.165, 1.54) is 11.1 Å². The van der Waals surface area contributed by atoms with Gasteiger partial charge in [-0.15, -0.1) is 0 Å². The molecule has 0 aromatic heterocycles. The van der Waals surface area contributed by atoms with Crippen LogP contribution in [0.1, 0.15) is 31.4 Å². The monoisotopic (exact) mass is 276 g/mol. The summed E-state index contributed by atoms with van der Waals surface area (Å²) in [5.41, 5.74) is 8.83. The summed E-state index contributed by atoms with van der Waals surface area (Å²) < 4.78 is 5.94. The molecule has 0 saturated carbocycles. The molecule has 1 aromatic carbocycles. The molecule has 1 aromatic rings. The number of aryl methyl sites for hydroxylation is 2. The molecule has 1 unspecified atom stereocenters. The lowest BCUT2D eigenvalue weighted by Crippen LogP contribution is -2.53. The molecule has 1 saturated heterocycles. The second-order valence-corrected chi connectivity index (χ2v) is 6.78. The Hall–Kier alpha value is -1.06. The fourth-order valence-electron chi connectivity index (χ4n) is 2.82. The molecule has 2 N–H and O–H groups in total. The highest BCUT2D eigenvalue weighted by Crippen LogP contribution is 2.27. The Morgan fingerprint density at radius 1 is 1.35 bits per heavy atom. The third kappa shape index (κ3) is 3.74. The van der Waals surface area contributed by atoms with Gasteiger partial charge in [0.25, 0.3) is 0 Å². The van der Waals surface area contributed by atoms with Crippen molar-refractivity contribution >= 4 is 0 Å². The Morgan fingerprint density at radius 2 is 2.10 bits per heavy atom. The van der Waals surface area contributed by atoms with Gasteiger partial charge in [0.1, 0.15) is 12.4 Å². The molecule has 1 aliphatic heterocycles. The SMILES string of the molecule is Cc1ccc(C)c(OCCN2CCC(N)C(C)(C)C2)c1. The van der Waals surface area contributed by atoms with Crippen LogP contribution in [-0.2, 0) is 0 Å². The fourth-order valence-corrected chi connectivity index (χ4v) is 2.82. The summed E-state index contributed by atoms with van der Waals surface area (Å²) in [6.07, 6.45) is 1.08. The lowest BCUT2D eigenvalue weighted by atomic mass is 9.80. The number of rotatable bonds is 4. The van der Waals surface area contributed by atoms with Crippen molar-refractivity contribution in [1.29, 1.82) is 0 Å². The van der Waals surface area contributed by atoms with E-state index in [0.29, 0.717) is 6.04 Å². The van der Waals surface area contributed by atoms with Crippen LogP contribution >= 0.6 is 0 Å². The summed E-state index contributed by atoms with van der Waals surface area (Å²) in [5.74, 6) is 1.01. The molecule has 0 radical (unpaired) electrons. The van der Waals surface area contributed by atoms with E-state index in [2.05, 4.69) is 50.8 Å². The zero-order valence-corrected chi connectivity index (χ0v) is 13.3. The maximum absolute atomic E-state index is 6.17. The summed E-state index contributed by atoms with van der Waals surface area (Å²) in [6.45, 7) is 12.6. The van der Waals surface area contributed by atoms with Gasteiger partial charge in [-0.05, 0) is 49.4 Å². The molecule has 1 atom stereocenters. The summed E-state index contributed by atoms with van der Waals surface area (Å²) >= 11 is 0. The van der Waals surface area contributed by atoms with Gasteiger partial charge in [0, 0.05) is 19.1 Å². The third-order valence-corrected chi connectivity index (χ3v) is 4.40. The maximum atomic E-state index is 6.17. The van der Waals surface area contributed by atoms with E-state index in [1.807, 2.05) is 0 Å². The first-order valence-corrected chi connectivity index (χ1v) is 7.56. The zero-order valence-electron chi connectivity index (χ0n) is 13.3. The molecule has 0 bridgehead atoms. The predicted molar refractivity (Wildman–Crippen MR) is 84.2 cm³/mol. The van der Waals surface area contributed by atoms with E-state index < -0.39 is 0 Å². The molecule has 3 nitrogen and oxygen atoms in total. The second-order valence-electron chi connectivity index (χ2n) is 6.78. The molecular formula is C17H28N2O. The number of piperidine rings is 1. The van der Waals surface area contributed by atoms with Crippen molar-refractivity contribution in [3.05, 3.63) is 29.3 Å². The topological polar surface area (TPSA) is 38.5 Å². The standard InChI is InChI=1S/C17H28N2O/c1-13-5-6-14(2)15(11-13)20-10-9-19-8-7-16(18)17(3,4)12-19/h5-6,11,16H,7-10,12,18H2,1-4H3. The van der Waals surface area contributed by atoms with Gasteiger partial charge in [-0.3, -0.25) is 4.90 Å². The number of ether oxygens (including phenoxy) is 1. The van der Waals surface area contributed by atoms with Crippen LogP contribution in [-0.4, -0.2) is 37.2 Å². The minimum absolute atomic E-state index is 0.206. The number of nitrogens with zero attached hydrogens (tertiary/aromatic N) is 1. The normalized spacial score (nSPS) is 22.8. The Labute approximate surface area is 123 Å². The highest BCUT2D eigenvalue weighted by molar-refractivity contribution is 5.35. The average Bonchev–Trinajstić information content (AvgIpc) is 2.37. The smallest absolute Gasteiger partial charge is 0.122 e. The van der Waals surface area contributed by atoms with Crippen molar-refractivity contribution in [2.45, 2.75) is 40.2 Å². The van der Waals surface area contributed by atoms with Gasteiger partial charge in [0.15, 0.2) is 0 Å². The van der Waals surface area contributed by atoms with Crippen molar-refractivity contribution in [3.63, 3.8) is 0 Å². The molecular weight excluding hydrogens is 248 g/mol. The summed E-state index contributed by atoms with van der Waals surface area (Å²) in [4.78, 5) is 2.47. The first kappa shape index (κ1) is 15.3. The van der Waals surface area contributed by atoms with Crippen molar-refractivity contribution < 1.29 is 4.74 Å². The molecule has 112 valence electrons. The number of nitrogens with two attached hydrogens (primary N) is 1. The lowest BCUT2D eigenvalue weighted by Gasteiger charge is -2.42. The molecule has 0 aliphatic carbocycles. The van der Waals surface area contributed by atoms with Crippen LogP contribution < -0.4 is 10.5 Å². The molecule has 2 rings (SSSR count). The second kappa shape index (κ2) is 6.15. The van der Waals surface area contributed by atoms with Crippen LogP contribution in [0.3, 0.4) is 0 Å². The van der Waals surface area contributed by atoms with E-state index in [-0.39, 0.29) is 5.41 Å². The average molecular weight is 276 g/mol. The van der Waals surface area contributed by atoms with E-state index in [1.54, 1.807) is 0 Å². The van der Waals surface area contributed by atoms with Crippen LogP contribution in [0.2, 0.25) is 0 Å². The van der Waals surface area contributed by atoms with Crippen molar-refractivity contribution in [3.8, 4) is 5.75 Å². The van der Waals surface area contributed by atoms with E-state index in [0.717, 1.165) is 38.4 Å². The summed E-state index contributed by atoms with van der Waals surface area (Å²) in [6, 6.07) is 6.68. The van der Waals surface area contributed by atoms with Crippen LogP contribution in [0.5, 0.6) is 5.75 Å². The van der Waals surface area contributed by atoms with Gasteiger partial charge in [0.2, 0.25) is 0 Å². The van der Waals surface area contributed by atoms with Crippen molar-refractivity contribution in [2.75, 3.05) is 26.2 Å². The maximum Gasteiger partial charge on any atom is 0.122 e. The Morgan fingerprint density at radius 3 is 2.80 bits per heavy atom. The Balaban J connectivity index is 1.83. The molecule has 20 heavy (non-hydrogen) atoms. The van der Waals surface area contributed by atoms with Gasteiger partial charge >= 0.3 is 0 Å². The number of hydrogen-bond acceptors (Lipinski definition) is 3. The van der Waals surface area contributed by atoms with E-state index in [4.69, 9.17) is 10.5 Å². The number of hydrogen-bond donors (Lipinski definition) is 1. The molecule has 3 heteroatoms. The Kier molecular flexibility index (Phi) is 4.71. The zero-order chi connectivity index (χ0) is 14.8. The highest BCUT2D eigenvalue weighted by atomic mass is 16.5. The molecule has 0 spiro atoms. The third-order valence-electron chi connectivity index (χ3n) is 4.40. The quantitative estimate of drug-likeness (QED) is 0.919. The number of benzene rings is 1. The minimum atomic E-state index is 0.206. The summed E-state index contributed by atoms with van der Waals surface area (Å²) in [7, 11) is 0. The van der Waals surface area contributed by atoms with Crippen molar-refractivity contribution in [1.82, 2.24) is 4.90 Å². The molecule has 1 fully saturated rings. The largest absolute Gasteiger partial charge is 0.492 e. The van der Waals surface area contributed by atoms with Gasteiger partial charge in [-0.25, -0.2) is 0 Å². The number of likely N-dealkylation sites (tertiary alicyclic amines) is 1. The highest BCUT2D eigenvalue weighted by Gasteiger charge is 2.33. The van der Waals surface area contributed by atoms with Crippen LogP contribution in [0, 0.1) is 19.3 Å². The van der Waals surface area contributed by atoms with Gasteiger partial charge in [-0.2, -0.15) is 0 Å². The first-order chi connectivity index (χ1) is 9.38. The van der Waals surface area contributed by atoms with E-state index >= 15 is 0 Å². The van der Waals surface area contributed by atoms with E-state index in [9.17, 15) is 0 Å². The van der Waals surface area contributed by atoms with Gasteiger partial charge in [0.05, 0.1) is 0 Å². The molecule has 0 amide bonds. The summed E-state index contributed by atoms with van der Waals surface area (Å²) in [5, 5.41) is 0. The van der Waals surface area contributed by atoms with Crippen LogP contribution in [0.25, 0.3) is 0 Å². The van der Waals surface area contributed by atoms with Crippen LogP contribution in [0.15, 0.2) is 18.2 Å². The molecule has 1 aliphatic rings. The van der Waals surface area contributed by atoms with Crippen molar-refractivity contribution in [2.24, 2.45) is 11.1 Å². The van der Waals surface area contributed by atoms with Gasteiger partial charge < -0.3 is 10.5 Å². The lowest BCUT2D eigenvalue weighted by molar-refractivity contribution is 0.0830. The van der Waals surface area contributed by atoms with Gasteiger partial charge in [-0.1, -0.05) is 26.0 Å². The first-order valence-electron chi connectivity index (χ1n) is 7.56. The molecule has 1 heterocycles.